The summed E-state index contributed by atoms with van der Waals surface area (Å²) >= 11 is 6.26. The summed E-state index contributed by atoms with van der Waals surface area (Å²) in [7, 11) is -3.61. The van der Waals surface area contributed by atoms with Crippen LogP contribution in [0.2, 0.25) is 5.02 Å². The van der Waals surface area contributed by atoms with Gasteiger partial charge in [-0.3, -0.25) is 4.79 Å². The van der Waals surface area contributed by atoms with Gasteiger partial charge in [0.1, 0.15) is 0 Å². The highest BCUT2D eigenvalue weighted by atomic mass is 35.5. The first-order valence-electron chi connectivity index (χ1n) is 9.58. The summed E-state index contributed by atoms with van der Waals surface area (Å²) in [4.78, 5) is 25.3. The molecule has 0 N–H and O–H groups in total. The van der Waals surface area contributed by atoms with Crippen molar-refractivity contribution in [2.45, 2.75) is 17.7 Å². The predicted octanol–water partition coefficient (Wildman–Crippen LogP) is 1.88. The molecule has 2 saturated heterocycles. The van der Waals surface area contributed by atoms with Crippen molar-refractivity contribution >= 4 is 33.5 Å². The number of hydrogen-bond acceptors (Lipinski definition) is 6. The molecule has 0 unspecified atom stereocenters. The standard InChI is InChI=1S/C19H22ClN5O3S/c20-17-5-4-15(29(27,28)25-8-1-2-9-25)14-16(17)18(26)23-10-12-24(13-11-23)19-21-6-3-7-22-19/h3-7,14H,1-2,8-13H2. The predicted molar refractivity (Wildman–Crippen MR) is 110 cm³/mol. The highest BCUT2D eigenvalue weighted by molar-refractivity contribution is 7.89. The molecule has 1 aromatic carbocycles. The molecule has 0 saturated carbocycles. The van der Waals surface area contributed by atoms with Gasteiger partial charge in [0.15, 0.2) is 0 Å². The number of aromatic nitrogens is 2. The lowest BCUT2D eigenvalue weighted by atomic mass is 10.2. The third-order valence-corrected chi connectivity index (χ3v) is 7.50. The van der Waals surface area contributed by atoms with Crippen molar-refractivity contribution in [1.82, 2.24) is 19.2 Å². The van der Waals surface area contributed by atoms with Gasteiger partial charge in [-0.1, -0.05) is 11.6 Å². The van der Waals surface area contributed by atoms with Crippen LogP contribution in [0.3, 0.4) is 0 Å². The van der Waals surface area contributed by atoms with E-state index in [1.165, 1.54) is 22.5 Å². The Morgan fingerprint density at radius 2 is 1.62 bits per heavy atom. The first-order valence-corrected chi connectivity index (χ1v) is 11.4. The monoisotopic (exact) mass is 435 g/mol. The number of piperazine rings is 1. The average molecular weight is 436 g/mol. The maximum atomic E-state index is 13.0. The second-order valence-electron chi connectivity index (χ2n) is 7.08. The molecule has 2 aromatic rings. The molecule has 2 aliphatic heterocycles. The second-order valence-corrected chi connectivity index (χ2v) is 9.43. The van der Waals surface area contributed by atoms with Gasteiger partial charge in [-0.05, 0) is 37.1 Å². The van der Waals surface area contributed by atoms with Crippen molar-refractivity contribution in [3.63, 3.8) is 0 Å². The van der Waals surface area contributed by atoms with Gasteiger partial charge in [0.25, 0.3) is 5.91 Å². The van der Waals surface area contributed by atoms with Crippen molar-refractivity contribution in [2.75, 3.05) is 44.2 Å². The van der Waals surface area contributed by atoms with Crippen LogP contribution in [-0.2, 0) is 10.0 Å². The molecular weight excluding hydrogens is 414 g/mol. The summed E-state index contributed by atoms with van der Waals surface area (Å²) in [5.74, 6) is 0.374. The summed E-state index contributed by atoms with van der Waals surface area (Å²) in [6.45, 7) is 3.18. The van der Waals surface area contributed by atoms with Gasteiger partial charge in [-0.25, -0.2) is 18.4 Å². The number of halogens is 1. The van der Waals surface area contributed by atoms with Gasteiger partial charge >= 0.3 is 0 Å². The molecule has 2 fully saturated rings. The lowest BCUT2D eigenvalue weighted by molar-refractivity contribution is 0.0746. The Bertz CT molecular complexity index is 988. The van der Waals surface area contributed by atoms with E-state index in [-0.39, 0.29) is 21.4 Å². The molecule has 1 amide bonds. The third-order valence-electron chi connectivity index (χ3n) is 5.27. The summed E-state index contributed by atoms with van der Waals surface area (Å²) in [6.07, 6.45) is 5.08. The van der Waals surface area contributed by atoms with Gasteiger partial charge in [0.2, 0.25) is 16.0 Å². The Morgan fingerprint density at radius 1 is 0.966 bits per heavy atom. The van der Waals surface area contributed by atoms with Crippen molar-refractivity contribution in [3.8, 4) is 0 Å². The van der Waals surface area contributed by atoms with Crippen LogP contribution in [0.1, 0.15) is 23.2 Å². The summed E-state index contributed by atoms with van der Waals surface area (Å²) < 4.78 is 27.1. The van der Waals surface area contributed by atoms with Crippen LogP contribution in [0.25, 0.3) is 0 Å². The molecule has 10 heteroatoms. The molecule has 29 heavy (non-hydrogen) atoms. The van der Waals surface area contributed by atoms with E-state index in [4.69, 9.17) is 11.6 Å². The van der Waals surface area contributed by atoms with Gasteiger partial charge in [-0.15, -0.1) is 0 Å². The van der Waals surface area contributed by atoms with E-state index in [2.05, 4.69) is 9.97 Å². The van der Waals surface area contributed by atoms with E-state index in [0.717, 1.165) is 12.8 Å². The molecule has 8 nitrogen and oxygen atoms in total. The van der Waals surface area contributed by atoms with Gasteiger partial charge in [0, 0.05) is 51.7 Å². The number of hydrogen-bond donors (Lipinski definition) is 0. The molecule has 0 atom stereocenters. The number of amides is 1. The fourth-order valence-corrected chi connectivity index (χ4v) is 5.38. The highest BCUT2D eigenvalue weighted by Crippen LogP contribution is 2.26. The van der Waals surface area contributed by atoms with E-state index < -0.39 is 10.0 Å². The number of carbonyl (C=O) groups excluding carboxylic acids is 1. The van der Waals surface area contributed by atoms with Gasteiger partial charge in [-0.2, -0.15) is 4.31 Å². The molecule has 0 radical (unpaired) electrons. The van der Waals surface area contributed by atoms with Crippen LogP contribution in [-0.4, -0.2) is 72.8 Å². The Labute approximate surface area is 175 Å². The quantitative estimate of drug-likeness (QED) is 0.728. The topological polar surface area (TPSA) is 86.7 Å². The van der Waals surface area contributed by atoms with Crippen LogP contribution in [0, 0.1) is 0 Å². The van der Waals surface area contributed by atoms with Crippen LogP contribution < -0.4 is 4.90 Å². The number of anilines is 1. The Balaban J connectivity index is 1.50. The molecule has 1 aromatic heterocycles. The minimum Gasteiger partial charge on any atom is -0.337 e. The molecule has 0 aliphatic carbocycles. The zero-order chi connectivity index (χ0) is 20.4. The Morgan fingerprint density at radius 3 is 2.28 bits per heavy atom. The molecule has 154 valence electrons. The van der Waals surface area contributed by atoms with Gasteiger partial charge < -0.3 is 9.80 Å². The largest absolute Gasteiger partial charge is 0.337 e. The fourth-order valence-electron chi connectivity index (χ4n) is 3.64. The molecular formula is C19H22ClN5O3S. The number of sulfonamides is 1. The Hall–Kier alpha value is -2.23. The average Bonchev–Trinajstić information content (AvgIpc) is 3.30. The zero-order valence-electron chi connectivity index (χ0n) is 15.9. The van der Waals surface area contributed by atoms with E-state index in [1.54, 1.807) is 23.4 Å². The Kier molecular flexibility index (Phi) is 5.71. The second kappa shape index (κ2) is 8.25. The number of carbonyl (C=O) groups is 1. The fraction of sp³-hybridized carbons (Fsp3) is 0.421. The SMILES string of the molecule is O=C(c1cc(S(=O)(=O)N2CCCC2)ccc1Cl)N1CCN(c2ncccn2)CC1. The van der Waals surface area contributed by atoms with E-state index in [0.29, 0.717) is 45.2 Å². The minimum atomic E-state index is -3.61. The lowest BCUT2D eigenvalue weighted by Crippen LogP contribution is -2.49. The van der Waals surface area contributed by atoms with Gasteiger partial charge in [0.05, 0.1) is 15.5 Å². The molecule has 3 heterocycles. The van der Waals surface area contributed by atoms with Crippen molar-refractivity contribution in [2.24, 2.45) is 0 Å². The molecule has 0 spiro atoms. The van der Waals surface area contributed by atoms with Crippen molar-refractivity contribution < 1.29 is 13.2 Å². The van der Waals surface area contributed by atoms with Crippen LogP contribution in [0.5, 0.6) is 0 Å². The lowest BCUT2D eigenvalue weighted by Gasteiger charge is -2.34. The summed E-state index contributed by atoms with van der Waals surface area (Å²) in [5.41, 5.74) is 0.219. The molecule has 4 rings (SSSR count). The van der Waals surface area contributed by atoms with E-state index in [1.807, 2.05) is 4.90 Å². The van der Waals surface area contributed by atoms with Crippen molar-refractivity contribution in [1.29, 1.82) is 0 Å². The normalized spacial score (nSPS) is 18.2. The van der Waals surface area contributed by atoms with E-state index in [9.17, 15) is 13.2 Å². The number of rotatable bonds is 4. The highest BCUT2D eigenvalue weighted by Gasteiger charge is 2.30. The molecule has 2 aliphatic rings. The van der Waals surface area contributed by atoms with Crippen molar-refractivity contribution in [3.05, 3.63) is 47.2 Å². The number of benzene rings is 1. The first kappa shape index (κ1) is 20.1. The first-order chi connectivity index (χ1) is 14.0. The van der Waals surface area contributed by atoms with Crippen LogP contribution in [0.4, 0.5) is 5.95 Å². The maximum Gasteiger partial charge on any atom is 0.255 e. The van der Waals surface area contributed by atoms with Crippen LogP contribution >= 0.6 is 11.6 Å². The van der Waals surface area contributed by atoms with Crippen LogP contribution in [0.15, 0.2) is 41.6 Å². The summed E-state index contributed by atoms with van der Waals surface area (Å²) in [5, 5.41) is 0.254. The zero-order valence-corrected chi connectivity index (χ0v) is 17.4. The molecule has 0 bridgehead atoms. The smallest absolute Gasteiger partial charge is 0.255 e. The maximum absolute atomic E-state index is 13.0. The minimum absolute atomic E-state index is 0.114. The summed E-state index contributed by atoms with van der Waals surface area (Å²) in [6, 6.07) is 6.13. The third kappa shape index (κ3) is 4.08. The number of nitrogens with zero attached hydrogens (tertiary/aromatic N) is 5. The van der Waals surface area contributed by atoms with E-state index >= 15 is 0 Å².